The van der Waals surface area contributed by atoms with E-state index in [1.807, 2.05) is 6.92 Å². The lowest BCUT2D eigenvalue weighted by atomic mass is 10.1. The summed E-state index contributed by atoms with van der Waals surface area (Å²) in [6, 6.07) is 12.8. The number of aryl methyl sites for hydroxylation is 1. The van der Waals surface area contributed by atoms with Gasteiger partial charge in [-0.3, -0.25) is 4.79 Å². The highest BCUT2D eigenvalue weighted by Gasteiger charge is 2.34. The number of carboxylic acid groups (broad SMARTS) is 1. The molecule has 0 bridgehead atoms. The summed E-state index contributed by atoms with van der Waals surface area (Å²) in [5, 5.41) is 17.1. The zero-order valence-corrected chi connectivity index (χ0v) is 17.6. The molecule has 4 N–H and O–H groups in total. The van der Waals surface area contributed by atoms with Gasteiger partial charge in [0.25, 0.3) is 5.91 Å². The molecule has 148 valence electrons. The Morgan fingerprint density at radius 3 is 2.00 bits per heavy atom. The topological polar surface area (TPSA) is 90.5 Å². The molecular formula is C18H16Cl3N3O3S. The second-order valence-corrected chi connectivity index (χ2v) is 8.57. The van der Waals surface area contributed by atoms with Gasteiger partial charge >= 0.3 is 5.97 Å². The Morgan fingerprint density at radius 2 is 1.50 bits per heavy atom. The van der Waals surface area contributed by atoms with Gasteiger partial charge in [0.1, 0.15) is 6.17 Å². The molecule has 0 aromatic heterocycles. The molecular weight excluding hydrogens is 445 g/mol. The lowest BCUT2D eigenvalue weighted by molar-refractivity contribution is 0.0696. The number of hydrogen-bond donors (Lipinski definition) is 4. The quantitative estimate of drug-likeness (QED) is 0.305. The maximum Gasteiger partial charge on any atom is 0.335 e. The number of nitrogens with one attached hydrogen (secondary N) is 3. The van der Waals surface area contributed by atoms with Crippen molar-refractivity contribution in [2.24, 2.45) is 0 Å². The van der Waals surface area contributed by atoms with E-state index in [1.165, 1.54) is 24.3 Å². The first kappa shape index (κ1) is 22.2. The average Bonchev–Trinajstić information content (AvgIpc) is 2.61. The second-order valence-electron chi connectivity index (χ2n) is 5.80. The number of carboxylic acids is 1. The van der Waals surface area contributed by atoms with Gasteiger partial charge in [0.2, 0.25) is 3.79 Å². The minimum absolute atomic E-state index is 0.0728. The lowest BCUT2D eigenvalue weighted by Crippen LogP contribution is -2.56. The molecule has 0 saturated heterocycles. The Bertz CT molecular complexity index is 868. The van der Waals surface area contributed by atoms with Gasteiger partial charge in [0.15, 0.2) is 5.11 Å². The zero-order valence-electron chi connectivity index (χ0n) is 14.5. The van der Waals surface area contributed by atoms with E-state index in [1.54, 1.807) is 24.3 Å². The van der Waals surface area contributed by atoms with E-state index in [4.69, 9.17) is 52.1 Å². The summed E-state index contributed by atoms with van der Waals surface area (Å²) >= 11 is 23.1. The van der Waals surface area contributed by atoms with Gasteiger partial charge in [-0.15, -0.1) is 0 Å². The molecule has 0 aliphatic heterocycles. The SMILES string of the molecule is Cc1ccc(C(=O)N[C@H](NC(=S)Nc2ccc(C(=O)O)cc2)C(Cl)(Cl)Cl)cc1. The summed E-state index contributed by atoms with van der Waals surface area (Å²) in [6.07, 6.45) is -1.12. The molecule has 1 atom stereocenters. The number of benzene rings is 2. The highest BCUT2D eigenvalue weighted by atomic mass is 35.6. The molecule has 0 saturated carbocycles. The fourth-order valence-corrected chi connectivity index (χ4v) is 2.68. The minimum atomic E-state index is -1.89. The Hall–Kier alpha value is -2.06. The molecule has 0 aliphatic rings. The molecule has 2 rings (SSSR count). The Labute approximate surface area is 182 Å². The summed E-state index contributed by atoms with van der Waals surface area (Å²) in [7, 11) is 0. The van der Waals surface area contributed by atoms with Crippen LogP contribution in [0, 0.1) is 6.92 Å². The number of alkyl halides is 3. The summed E-state index contributed by atoms with van der Waals surface area (Å²) in [5.41, 5.74) is 2.06. The van der Waals surface area contributed by atoms with Crippen molar-refractivity contribution in [3.63, 3.8) is 0 Å². The highest BCUT2D eigenvalue weighted by Crippen LogP contribution is 2.29. The summed E-state index contributed by atoms with van der Waals surface area (Å²) in [4.78, 5) is 23.3. The third-order valence-corrected chi connectivity index (χ3v) is 4.46. The third kappa shape index (κ3) is 6.53. The predicted molar refractivity (Wildman–Crippen MR) is 115 cm³/mol. The molecule has 28 heavy (non-hydrogen) atoms. The van der Waals surface area contributed by atoms with Crippen LogP contribution in [0.1, 0.15) is 26.3 Å². The average molecular weight is 461 g/mol. The van der Waals surface area contributed by atoms with Gasteiger partial charge in [-0.1, -0.05) is 52.5 Å². The van der Waals surface area contributed by atoms with Crippen molar-refractivity contribution < 1.29 is 14.7 Å². The Balaban J connectivity index is 2.04. The van der Waals surface area contributed by atoms with Gasteiger partial charge in [-0.05, 0) is 55.5 Å². The maximum absolute atomic E-state index is 12.4. The van der Waals surface area contributed by atoms with E-state index in [2.05, 4.69) is 16.0 Å². The van der Waals surface area contributed by atoms with Crippen molar-refractivity contribution in [1.82, 2.24) is 10.6 Å². The molecule has 0 radical (unpaired) electrons. The van der Waals surface area contributed by atoms with Crippen molar-refractivity contribution in [3.8, 4) is 0 Å². The normalized spacial score (nSPS) is 12.0. The minimum Gasteiger partial charge on any atom is -0.478 e. The van der Waals surface area contributed by atoms with E-state index in [-0.39, 0.29) is 10.7 Å². The Kier molecular flexibility index (Phi) is 7.48. The van der Waals surface area contributed by atoms with Crippen molar-refractivity contribution in [3.05, 3.63) is 65.2 Å². The van der Waals surface area contributed by atoms with Crippen molar-refractivity contribution >= 4 is 69.7 Å². The first-order valence-electron chi connectivity index (χ1n) is 7.91. The number of carbonyl (C=O) groups excluding carboxylic acids is 1. The summed E-state index contributed by atoms with van der Waals surface area (Å²) in [5.74, 6) is -1.49. The van der Waals surface area contributed by atoms with E-state index in [9.17, 15) is 9.59 Å². The summed E-state index contributed by atoms with van der Waals surface area (Å²) in [6.45, 7) is 1.90. The maximum atomic E-state index is 12.4. The number of halogens is 3. The third-order valence-electron chi connectivity index (χ3n) is 3.58. The smallest absolute Gasteiger partial charge is 0.335 e. The fraction of sp³-hybridized carbons (Fsp3) is 0.167. The number of aromatic carboxylic acids is 1. The lowest BCUT2D eigenvalue weighted by Gasteiger charge is -2.27. The van der Waals surface area contributed by atoms with Crippen LogP contribution in [0.15, 0.2) is 48.5 Å². The first-order valence-corrected chi connectivity index (χ1v) is 9.45. The van der Waals surface area contributed by atoms with Gasteiger partial charge in [-0.25, -0.2) is 4.79 Å². The summed E-state index contributed by atoms with van der Waals surface area (Å²) < 4.78 is -1.89. The van der Waals surface area contributed by atoms with Crippen LogP contribution in [0.4, 0.5) is 5.69 Å². The predicted octanol–water partition coefficient (Wildman–Crippen LogP) is 4.11. The van der Waals surface area contributed by atoms with Crippen molar-refractivity contribution in [2.75, 3.05) is 5.32 Å². The molecule has 2 aromatic rings. The van der Waals surface area contributed by atoms with Crippen LogP contribution in [-0.4, -0.2) is 32.1 Å². The molecule has 10 heteroatoms. The molecule has 0 heterocycles. The molecule has 1 amide bonds. The van der Waals surface area contributed by atoms with Gasteiger partial charge in [-0.2, -0.15) is 0 Å². The molecule has 0 fully saturated rings. The van der Waals surface area contributed by atoms with Gasteiger partial charge < -0.3 is 21.1 Å². The van der Waals surface area contributed by atoms with E-state index in [0.29, 0.717) is 11.3 Å². The second kappa shape index (κ2) is 9.43. The number of thiocarbonyl (C=S) groups is 1. The van der Waals surface area contributed by atoms with Crippen LogP contribution in [0.3, 0.4) is 0 Å². The van der Waals surface area contributed by atoms with Crippen LogP contribution >= 0.6 is 47.0 Å². The monoisotopic (exact) mass is 459 g/mol. The van der Waals surface area contributed by atoms with Crippen LogP contribution in [0.5, 0.6) is 0 Å². The van der Waals surface area contributed by atoms with Crippen molar-refractivity contribution in [1.29, 1.82) is 0 Å². The molecule has 2 aromatic carbocycles. The first-order chi connectivity index (χ1) is 13.1. The van der Waals surface area contributed by atoms with E-state index in [0.717, 1.165) is 5.56 Å². The van der Waals surface area contributed by atoms with E-state index >= 15 is 0 Å². The number of amides is 1. The fourth-order valence-electron chi connectivity index (χ4n) is 2.11. The van der Waals surface area contributed by atoms with Crippen LogP contribution in [0.2, 0.25) is 0 Å². The molecule has 0 aliphatic carbocycles. The van der Waals surface area contributed by atoms with E-state index < -0.39 is 21.8 Å². The van der Waals surface area contributed by atoms with Gasteiger partial charge in [0.05, 0.1) is 5.56 Å². The van der Waals surface area contributed by atoms with Crippen LogP contribution in [-0.2, 0) is 0 Å². The highest BCUT2D eigenvalue weighted by molar-refractivity contribution is 7.80. The number of rotatable bonds is 5. The van der Waals surface area contributed by atoms with Crippen LogP contribution < -0.4 is 16.0 Å². The van der Waals surface area contributed by atoms with Crippen molar-refractivity contribution in [2.45, 2.75) is 16.9 Å². The van der Waals surface area contributed by atoms with Gasteiger partial charge in [0, 0.05) is 11.3 Å². The largest absolute Gasteiger partial charge is 0.478 e. The standard InChI is InChI=1S/C18H16Cl3N3O3S/c1-10-2-4-11(5-3-10)14(25)23-16(18(19,20)21)24-17(28)22-13-8-6-12(7-9-13)15(26)27/h2-9,16H,1H3,(H,23,25)(H,26,27)(H2,22,24,28)/t16-/m1/s1. The zero-order chi connectivity index (χ0) is 20.9. The molecule has 0 spiro atoms. The number of hydrogen-bond acceptors (Lipinski definition) is 3. The number of anilines is 1. The molecule has 0 unspecified atom stereocenters. The Morgan fingerprint density at radius 1 is 0.964 bits per heavy atom. The number of carbonyl (C=O) groups is 2. The van der Waals surface area contributed by atoms with Crippen LogP contribution in [0.25, 0.3) is 0 Å². The molecule has 6 nitrogen and oxygen atoms in total.